The minimum atomic E-state index is -0.864. The van der Waals surface area contributed by atoms with Gasteiger partial charge >= 0.3 is 5.24 Å². The van der Waals surface area contributed by atoms with Crippen molar-refractivity contribution in [3.05, 3.63) is 63.9 Å². The van der Waals surface area contributed by atoms with Gasteiger partial charge in [0.05, 0.1) is 19.3 Å². The van der Waals surface area contributed by atoms with Gasteiger partial charge in [-0.25, -0.2) is 0 Å². The number of hydrogen-bond donors (Lipinski definition) is 1. The lowest BCUT2D eigenvalue weighted by Crippen LogP contribution is -2.46. The summed E-state index contributed by atoms with van der Waals surface area (Å²) in [5.74, 6) is 0.153. The molecule has 0 saturated heterocycles. The van der Waals surface area contributed by atoms with Gasteiger partial charge in [0.15, 0.2) is 0 Å². The zero-order valence-electron chi connectivity index (χ0n) is 17.6. The largest absolute Gasteiger partial charge is 0.460 e. The molecule has 0 fully saturated rings. The first-order chi connectivity index (χ1) is 14.2. The quantitative estimate of drug-likeness (QED) is 0.669. The van der Waals surface area contributed by atoms with E-state index in [9.17, 15) is 4.79 Å². The van der Waals surface area contributed by atoms with Gasteiger partial charge in [-0.05, 0) is 60.7 Å². The van der Waals surface area contributed by atoms with Crippen LogP contribution in [0.3, 0.4) is 0 Å². The highest BCUT2D eigenvalue weighted by Gasteiger charge is 2.45. The Labute approximate surface area is 187 Å². The average molecular weight is 446 g/mol. The summed E-state index contributed by atoms with van der Waals surface area (Å²) < 4.78 is 16.2. The van der Waals surface area contributed by atoms with E-state index in [4.69, 9.17) is 38.0 Å². The van der Waals surface area contributed by atoms with E-state index in [1.54, 1.807) is 7.11 Å². The van der Waals surface area contributed by atoms with Crippen LogP contribution in [-0.2, 0) is 19.0 Å². The fourth-order valence-corrected chi connectivity index (χ4v) is 4.03. The molecule has 0 saturated carbocycles. The van der Waals surface area contributed by atoms with Crippen LogP contribution in [0.2, 0.25) is 5.02 Å². The molecule has 0 radical (unpaired) electrons. The van der Waals surface area contributed by atoms with Crippen molar-refractivity contribution < 1.29 is 19.0 Å². The standard InChI is InChI=1S/C23H24ClNO4S/c1-13-10-16(15-6-8-17(24)9-7-15)11-14(2)18(13)19-20(29-22(30)28-5)23(3,12-27-4)25-21(19)26/h6-11H,12H2,1-5H3,(H,25,26). The molecule has 3 rings (SSSR count). The number of methoxy groups -OCH3 is 2. The summed E-state index contributed by atoms with van der Waals surface area (Å²) in [5.41, 5.74) is 4.34. The van der Waals surface area contributed by atoms with Crippen LogP contribution in [0, 0.1) is 13.8 Å². The third-order valence-corrected chi connectivity index (χ3v) is 5.59. The number of carbonyl (C=O) groups excluding carboxylic acids is 1. The van der Waals surface area contributed by atoms with E-state index in [1.807, 2.05) is 57.2 Å². The Morgan fingerprint density at radius 3 is 2.23 bits per heavy atom. The zero-order chi connectivity index (χ0) is 22.1. The second-order valence-electron chi connectivity index (χ2n) is 7.47. The Balaban J connectivity index is 2.17. The molecule has 1 amide bonds. The summed E-state index contributed by atoms with van der Waals surface area (Å²) in [4.78, 5) is 13.0. The SMILES string of the molecule is COCC1(C)NC(=O)C(c2c(C)cc(-c3ccc(Cl)cc3)cc2C)=C1OC(=S)OC. The number of hydrogen-bond acceptors (Lipinski definition) is 5. The number of nitrogens with one attached hydrogen (secondary N) is 1. The van der Waals surface area contributed by atoms with Crippen LogP contribution in [0.5, 0.6) is 0 Å². The minimum Gasteiger partial charge on any atom is -0.460 e. The van der Waals surface area contributed by atoms with Gasteiger partial charge < -0.3 is 19.5 Å². The third-order valence-electron chi connectivity index (χ3n) is 5.09. The van der Waals surface area contributed by atoms with Crippen molar-refractivity contribution in [1.82, 2.24) is 5.32 Å². The van der Waals surface area contributed by atoms with Crippen molar-refractivity contribution in [2.45, 2.75) is 26.3 Å². The van der Waals surface area contributed by atoms with Crippen LogP contribution in [0.15, 0.2) is 42.2 Å². The number of ether oxygens (including phenoxy) is 3. The molecule has 1 unspecified atom stereocenters. The Morgan fingerprint density at radius 1 is 1.10 bits per heavy atom. The predicted molar refractivity (Wildman–Crippen MR) is 122 cm³/mol. The topological polar surface area (TPSA) is 56.8 Å². The van der Waals surface area contributed by atoms with E-state index in [0.29, 0.717) is 16.4 Å². The second kappa shape index (κ2) is 8.76. The Kier molecular flexibility index (Phi) is 6.50. The zero-order valence-corrected chi connectivity index (χ0v) is 19.2. The smallest absolute Gasteiger partial charge is 0.357 e. The summed E-state index contributed by atoms with van der Waals surface area (Å²) >= 11 is 11.1. The number of benzene rings is 2. The molecule has 1 N–H and O–H groups in total. The molecule has 0 spiro atoms. The van der Waals surface area contributed by atoms with E-state index < -0.39 is 5.54 Å². The normalized spacial score (nSPS) is 18.4. The molecule has 158 valence electrons. The first-order valence-electron chi connectivity index (χ1n) is 9.39. The number of thiocarbonyl (C=S) groups is 1. The van der Waals surface area contributed by atoms with Crippen LogP contribution in [0.4, 0.5) is 0 Å². The highest BCUT2D eigenvalue weighted by molar-refractivity contribution is 7.79. The number of rotatable bonds is 5. The maximum atomic E-state index is 13.0. The van der Waals surface area contributed by atoms with Gasteiger partial charge in [0.1, 0.15) is 11.3 Å². The maximum absolute atomic E-state index is 13.0. The Hall–Kier alpha value is -2.41. The molecule has 1 aliphatic heterocycles. The van der Waals surface area contributed by atoms with Crippen LogP contribution in [0.25, 0.3) is 16.7 Å². The highest BCUT2D eigenvalue weighted by Crippen LogP contribution is 2.39. The fraction of sp³-hybridized carbons (Fsp3) is 0.304. The second-order valence-corrected chi connectivity index (χ2v) is 8.24. The van der Waals surface area contributed by atoms with E-state index >= 15 is 0 Å². The molecule has 0 bridgehead atoms. The highest BCUT2D eigenvalue weighted by atomic mass is 35.5. The summed E-state index contributed by atoms with van der Waals surface area (Å²) in [6.07, 6.45) is 0. The molecule has 0 aromatic heterocycles. The summed E-state index contributed by atoms with van der Waals surface area (Å²) in [5, 5.41) is 3.60. The first kappa shape index (κ1) is 22.3. The van der Waals surface area contributed by atoms with E-state index in [-0.39, 0.29) is 17.8 Å². The summed E-state index contributed by atoms with van der Waals surface area (Å²) in [6, 6.07) is 11.7. The molecule has 0 aliphatic carbocycles. The predicted octanol–water partition coefficient (Wildman–Crippen LogP) is 4.82. The van der Waals surface area contributed by atoms with Crippen molar-refractivity contribution in [1.29, 1.82) is 0 Å². The molecular weight excluding hydrogens is 422 g/mol. The molecule has 1 atom stereocenters. The van der Waals surface area contributed by atoms with Crippen LogP contribution >= 0.6 is 23.8 Å². The van der Waals surface area contributed by atoms with Crippen molar-refractivity contribution in [3.63, 3.8) is 0 Å². The number of halogens is 1. The van der Waals surface area contributed by atoms with Gasteiger partial charge in [0, 0.05) is 24.4 Å². The average Bonchev–Trinajstić information content (AvgIpc) is 2.92. The lowest BCUT2D eigenvalue weighted by molar-refractivity contribution is -0.116. The number of amides is 1. The number of carbonyl (C=O) groups is 1. The van der Waals surface area contributed by atoms with Crippen molar-refractivity contribution >= 4 is 40.5 Å². The van der Waals surface area contributed by atoms with Crippen molar-refractivity contribution in [2.75, 3.05) is 20.8 Å². The number of aryl methyl sites for hydroxylation is 2. The molecule has 2 aromatic rings. The maximum Gasteiger partial charge on any atom is 0.357 e. The first-order valence-corrected chi connectivity index (χ1v) is 10.2. The molecule has 1 aliphatic rings. The van der Waals surface area contributed by atoms with Crippen LogP contribution in [0.1, 0.15) is 23.6 Å². The lowest BCUT2D eigenvalue weighted by Gasteiger charge is -2.26. The van der Waals surface area contributed by atoms with Gasteiger partial charge in [-0.3, -0.25) is 4.79 Å². The molecule has 30 heavy (non-hydrogen) atoms. The van der Waals surface area contributed by atoms with E-state index in [2.05, 4.69) is 5.32 Å². The van der Waals surface area contributed by atoms with Gasteiger partial charge in [-0.15, -0.1) is 0 Å². The van der Waals surface area contributed by atoms with Gasteiger partial charge in [-0.2, -0.15) is 0 Å². The fourth-order valence-electron chi connectivity index (χ4n) is 3.82. The molecular formula is C23H24ClNO4S. The van der Waals surface area contributed by atoms with Gasteiger partial charge in [0.25, 0.3) is 5.91 Å². The van der Waals surface area contributed by atoms with Crippen LogP contribution in [-0.4, -0.2) is 37.5 Å². The van der Waals surface area contributed by atoms with Crippen LogP contribution < -0.4 is 5.32 Å². The van der Waals surface area contributed by atoms with Gasteiger partial charge in [-0.1, -0.05) is 35.9 Å². The Bertz CT molecular complexity index is 1010. The summed E-state index contributed by atoms with van der Waals surface area (Å²) in [7, 11) is 3.00. The third kappa shape index (κ3) is 4.21. The summed E-state index contributed by atoms with van der Waals surface area (Å²) in [6.45, 7) is 6.01. The van der Waals surface area contributed by atoms with Gasteiger partial charge in [0.2, 0.25) is 0 Å². The molecule has 5 nitrogen and oxygen atoms in total. The van der Waals surface area contributed by atoms with E-state index in [1.165, 1.54) is 7.11 Å². The van der Waals surface area contributed by atoms with E-state index in [0.717, 1.165) is 27.8 Å². The molecule has 2 aromatic carbocycles. The monoisotopic (exact) mass is 445 g/mol. The molecule has 1 heterocycles. The van der Waals surface area contributed by atoms with Crippen molar-refractivity contribution in [3.8, 4) is 11.1 Å². The lowest BCUT2D eigenvalue weighted by atomic mass is 9.89. The minimum absolute atomic E-state index is 0.0607. The Morgan fingerprint density at radius 2 is 1.70 bits per heavy atom. The molecule has 7 heteroatoms. The van der Waals surface area contributed by atoms with Crippen molar-refractivity contribution in [2.24, 2.45) is 0 Å².